The maximum atomic E-state index is 12.1. The molecule has 1 N–H and O–H groups in total. The fourth-order valence-electron chi connectivity index (χ4n) is 2.07. The molecule has 3 rings (SSSR count). The van der Waals surface area contributed by atoms with Gasteiger partial charge in [0.15, 0.2) is 5.76 Å². The zero-order valence-electron chi connectivity index (χ0n) is 12.6. The quantitative estimate of drug-likeness (QED) is 0.753. The Morgan fingerprint density at radius 1 is 1.26 bits per heavy atom. The molecule has 118 valence electrons. The topological polar surface area (TPSA) is 82.2 Å². The molecule has 0 saturated heterocycles. The van der Waals surface area contributed by atoms with E-state index in [0.717, 1.165) is 5.56 Å². The number of aromatic nitrogens is 3. The largest absolute Gasteiger partial charge is 0.461 e. The molecule has 0 amide bonds. The summed E-state index contributed by atoms with van der Waals surface area (Å²) in [7, 11) is 1.46. The Morgan fingerprint density at radius 3 is 2.78 bits per heavy atom. The van der Waals surface area contributed by atoms with Gasteiger partial charge >= 0.3 is 0 Å². The van der Waals surface area contributed by atoms with Crippen molar-refractivity contribution in [3.63, 3.8) is 0 Å². The van der Waals surface area contributed by atoms with Gasteiger partial charge in [0.05, 0.1) is 6.26 Å². The van der Waals surface area contributed by atoms with Gasteiger partial charge in [-0.05, 0) is 17.7 Å². The number of hydrogen-bond acceptors (Lipinski definition) is 6. The van der Waals surface area contributed by atoms with Crippen molar-refractivity contribution in [2.45, 2.75) is 6.54 Å². The van der Waals surface area contributed by atoms with E-state index in [4.69, 9.17) is 9.15 Å². The van der Waals surface area contributed by atoms with E-state index in [1.165, 1.54) is 18.1 Å². The molecule has 0 spiro atoms. The summed E-state index contributed by atoms with van der Waals surface area (Å²) in [5.74, 6) is 0.877. The minimum atomic E-state index is -0.312. The van der Waals surface area contributed by atoms with Crippen LogP contribution >= 0.6 is 0 Å². The van der Waals surface area contributed by atoms with Crippen molar-refractivity contribution in [1.29, 1.82) is 0 Å². The standard InChI is InChI=1S/C16H16N4O3/c1-22-11-14(21)20-16(17-10-12-6-3-2-4-7-12)18-15(19-20)13-8-5-9-23-13/h2-9H,10-11H2,1H3,(H,17,18,19). The Kier molecular flexibility index (Phi) is 4.49. The first-order valence-electron chi connectivity index (χ1n) is 7.09. The van der Waals surface area contributed by atoms with Crippen molar-refractivity contribution >= 4 is 11.9 Å². The molecular formula is C16H16N4O3. The second-order valence-corrected chi connectivity index (χ2v) is 4.81. The lowest BCUT2D eigenvalue weighted by Gasteiger charge is -2.06. The zero-order chi connectivity index (χ0) is 16.1. The number of furan rings is 1. The molecule has 0 aliphatic heterocycles. The number of ether oxygens (including phenoxy) is 1. The number of nitrogens with one attached hydrogen (secondary N) is 1. The number of carbonyl (C=O) groups excluding carboxylic acids is 1. The first-order valence-corrected chi connectivity index (χ1v) is 7.09. The number of carbonyl (C=O) groups is 1. The van der Waals surface area contributed by atoms with Gasteiger partial charge in [-0.15, -0.1) is 5.10 Å². The van der Waals surface area contributed by atoms with E-state index in [2.05, 4.69) is 15.4 Å². The van der Waals surface area contributed by atoms with Crippen LogP contribution in [0, 0.1) is 0 Å². The van der Waals surface area contributed by atoms with Gasteiger partial charge in [-0.25, -0.2) is 0 Å². The van der Waals surface area contributed by atoms with Crippen LogP contribution in [0.15, 0.2) is 53.1 Å². The van der Waals surface area contributed by atoms with E-state index in [1.807, 2.05) is 30.3 Å². The molecule has 0 radical (unpaired) electrons. The monoisotopic (exact) mass is 312 g/mol. The van der Waals surface area contributed by atoms with E-state index in [1.54, 1.807) is 12.1 Å². The molecule has 0 aliphatic carbocycles. The van der Waals surface area contributed by atoms with E-state index in [0.29, 0.717) is 24.1 Å². The smallest absolute Gasteiger partial charge is 0.276 e. The minimum Gasteiger partial charge on any atom is -0.461 e. The van der Waals surface area contributed by atoms with E-state index >= 15 is 0 Å². The first kappa shape index (κ1) is 15.0. The van der Waals surface area contributed by atoms with Crippen LogP contribution in [0.3, 0.4) is 0 Å². The summed E-state index contributed by atoms with van der Waals surface area (Å²) in [4.78, 5) is 16.5. The molecule has 2 aromatic heterocycles. The molecule has 3 aromatic rings. The lowest BCUT2D eigenvalue weighted by Crippen LogP contribution is -2.20. The predicted molar refractivity (Wildman–Crippen MR) is 84.0 cm³/mol. The normalized spacial score (nSPS) is 10.7. The summed E-state index contributed by atoms with van der Waals surface area (Å²) in [5, 5.41) is 7.33. The van der Waals surface area contributed by atoms with Crippen molar-refractivity contribution in [2.75, 3.05) is 19.0 Å². The van der Waals surface area contributed by atoms with E-state index < -0.39 is 0 Å². The Morgan fingerprint density at radius 2 is 2.09 bits per heavy atom. The van der Waals surface area contributed by atoms with Crippen LogP contribution in [0.1, 0.15) is 10.4 Å². The number of nitrogens with zero attached hydrogens (tertiary/aromatic N) is 3. The maximum absolute atomic E-state index is 12.1. The molecule has 0 aliphatic rings. The molecule has 0 saturated carbocycles. The third-order valence-corrected chi connectivity index (χ3v) is 3.15. The minimum absolute atomic E-state index is 0.0824. The second kappa shape index (κ2) is 6.89. The van der Waals surface area contributed by atoms with Gasteiger partial charge in [-0.3, -0.25) is 4.79 Å². The van der Waals surface area contributed by atoms with Gasteiger partial charge < -0.3 is 14.5 Å². The SMILES string of the molecule is COCC(=O)n1nc(-c2ccco2)nc1NCc1ccccc1. The van der Waals surface area contributed by atoms with E-state index in [-0.39, 0.29) is 12.5 Å². The average molecular weight is 312 g/mol. The van der Waals surface area contributed by atoms with Gasteiger partial charge in [-0.2, -0.15) is 9.67 Å². The lowest BCUT2D eigenvalue weighted by atomic mass is 10.2. The van der Waals surface area contributed by atoms with Crippen molar-refractivity contribution in [2.24, 2.45) is 0 Å². The van der Waals surface area contributed by atoms with Crippen molar-refractivity contribution < 1.29 is 13.9 Å². The summed E-state index contributed by atoms with van der Waals surface area (Å²) < 4.78 is 11.4. The Bertz CT molecular complexity index is 766. The molecule has 7 nitrogen and oxygen atoms in total. The first-order chi connectivity index (χ1) is 11.3. The highest BCUT2D eigenvalue weighted by molar-refractivity contribution is 5.82. The van der Waals surface area contributed by atoms with Gasteiger partial charge in [0.25, 0.3) is 5.91 Å². The third kappa shape index (κ3) is 3.46. The van der Waals surface area contributed by atoms with Crippen molar-refractivity contribution in [3.8, 4) is 11.6 Å². The van der Waals surface area contributed by atoms with Crippen LogP contribution in [-0.4, -0.2) is 34.4 Å². The van der Waals surface area contributed by atoms with Gasteiger partial charge in [0.1, 0.15) is 6.61 Å². The molecule has 1 aromatic carbocycles. The van der Waals surface area contributed by atoms with E-state index in [9.17, 15) is 4.79 Å². The number of methoxy groups -OCH3 is 1. The number of hydrogen-bond donors (Lipinski definition) is 1. The van der Waals surface area contributed by atoms with Gasteiger partial charge in [0, 0.05) is 13.7 Å². The fourth-order valence-corrected chi connectivity index (χ4v) is 2.07. The summed E-state index contributed by atoms with van der Waals surface area (Å²) in [6.07, 6.45) is 1.53. The Balaban J connectivity index is 1.85. The summed E-state index contributed by atoms with van der Waals surface area (Å²) in [5.41, 5.74) is 1.07. The van der Waals surface area contributed by atoms with Crippen molar-refractivity contribution in [3.05, 3.63) is 54.3 Å². The number of benzene rings is 1. The maximum Gasteiger partial charge on any atom is 0.276 e. The molecule has 23 heavy (non-hydrogen) atoms. The van der Waals surface area contributed by atoms with Crippen LogP contribution in [-0.2, 0) is 11.3 Å². The zero-order valence-corrected chi connectivity index (χ0v) is 12.6. The van der Waals surface area contributed by atoms with Gasteiger partial charge in [-0.1, -0.05) is 30.3 Å². The Labute approximate surface area is 132 Å². The molecule has 0 unspecified atom stereocenters. The fraction of sp³-hybridized carbons (Fsp3) is 0.188. The second-order valence-electron chi connectivity index (χ2n) is 4.81. The molecule has 0 bridgehead atoms. The van der Waals surface area contributed by atoms with Gasteiger partial charge in [0.2, 0.25) is 11.8 Å². The van der Waals surface area contributed by atoms with Crippen LogP contribution < -0.4 is 5.32 Å². The summed E-state index contributed by atoms with van der Waals surface area (Å²) >= 11 is 0. The summed E-state index contributed by atoms with van der Waals surface area (Å²) in [6.45, 7) is 0.443. The number of rotatable bonds is 6. The van der Waals surface area contributed by atoms with Crippen LogP contribution in [0.5, 0.6) is 0 Å². The molecule has 2 heterocycles. The summed E-state index contributed by atoms with van der Waals surface area (Å²) in [6, 6.07) is 13.3. The Hall–Kier alpha value is -2.93. The highest BCUT2D eigenvalue weighted by atomic mass is 16.5. The van der Waals surface area contributed by atoms with Crippen LogP contribution in [0.25, 0.3) is 11.6 Å². The predicted octanol–water partition coefficient (Wildman–Crippen LogP) is 2.44. The molecule has 7 heteroatoms. The highest BCUT2D eigenvalue weighted by Gasteiger charge is 2.18. The lowest BCUT2D eigenvalue weighted by molar-refractivity contribution is 0.0748. The average Bonchev–Trinajstić information content (AvgIpc) is 3.23. The molecule has 0 fully saturated rings. The number of anilines is 1. The molecular weight excluding hydrogens is 296 g/mol. The third-order valence-electron chi connectivity index (χ3n) is 3.15. The highest BCUT2D eigenvalue weighted by Crippen LogP contribution is 2.18. The van der Waals surface area contributed by atoms with Crippen LogP contribution in [0.2, 0.25) is 0 Å². The van der Waals surface area contributed by atoms with Crippen LogP contribution in [0.4, 0.5) is 5.95 Å². The molecule has 0 atom stereocenters. The van der Waals surface area contributed by atoms with Crippen molar-refractivity contribution in [1.82, 2.24) is 14.8 Å².